The van der Waals surface area contributed by atoms with Gasteiger partial charge in [-0.05, 0) is 65.4 Å². The van der Waals surface area contributed by atoms with Gasteiger partial charge in [0.25, 0.3) is 0 Å². The third kappa shape index (κ3) is 4.52. The van der Waals surface area contributed by atoms with Gasteiger partial charge in [-0.15, -0.1) is 0 Å². The van der Waals surface area contributed by atoms with Crippen LogP contribution in [0.15, 0.2) is 79.1 Å². The number of carbonyl (C=O) groups excluding carboxylic acids is 1. The van der Waals surface area contributed by atoms with Gasteiger partial charge in [0.1, 0.15) is 12.4 Å². The van der Waals surface area contributed by atoms with Gasteiger partial charge >= 0.3 is 0 Å². The molecule has 1 aromatic heterocycles. The average molecular weight is 428 g/mol. The second kappa shape index (κ2) is 9.15. The number of aryl methyl sites for hydroxylation is 1. The number of pyridine rings is 1. The Bertz CT molecular complexity index is 1240. The maximum atomic E-state index is 11.1. The number of hydrogen-bond acceptors (Lipinski definition) is 3. The Morgan fingerprint density at radius 1 is 0.903 bits per heavy atom. The fourth-order valence-electron chi connectivity index (χ4n) is 3.67. The molecule has 0 bridgehead atoms. The molecular formula is C27H22ClNO2. The van der Waals surface area contributed by atoms with E-state index in [1.54, 1.807) is 12.4 Å². The van der Waals surface area contributed by atoms with Crippen molar-refractivity contribution in [2.45, 2.75) is 20.5 Å². The smallest absolute Gasteiger partial charge is 0.151 e. The van der Waals surface area contributed by atoms with Gasteiger partial charge in [0.05, 0.1) is 5.02 Å². The lowest BCUT2D eigenvalue weighted by Gasteiger charge is -2.15. The molecule has 0 aliphatic rings. The molecule has 154 valence electrons. The van der Waals surface area contributed by atoms with Crippen molar-refractivity contribution in [2.24, 2.45) is 0 Å². The molecule has 0 radical (unpaired) electrons. The van der Waals surface area contributed by atoms with Crippen molar-refractivity contribution >= 4 is 17.9 Å². The van der Waals surface area contributed by atoms with Crippen LogP contribution in [0.2, 0.25) is 5.02 Å². The molecule has 0 saturated heterocycles. The van der Waals surface area contributed by atoms with E-state index in [0.29, 0.717) is 22.9 Å². The van der Waals surface area contributed by atoms with Gasteiger partial charge in [-0.1, -0.05) is 60.1 Å². The molecule has 0 saturated carbocycles. The number of aromatic nitrogens is 1. The van der Waals surface area contributed by atoms with Crippen LogP contribution < -0.4 is 4.74 Å². The van der Waals surface area contributed by atoms with Gasteiger partial charge in [0.15, 0.2) is 6.29 Å². The maximum absolute atomic E-state index is 11.1. The normalized spacial score (nSPS) is 10.7. The summed E-state index contributed by atoms with van der Waals surface area (Å²) in [5.74, 6) is 0.600. The average Bonchev–Trinajstić information content (AvgIpc) is 2.80. The van der Waals surface area contributed by atoms with Crippen LogP contribution in [0.25, 0.3) is 22.3 Å². The Morgan fingerprint density at radius 2 is 1.71 bits per heavy atom. The highest BCUT2D eigenvalue weighted by atomic mass is 35.5. The molecule has 31 heavy (non-hydrogen) atoms. The molecule has 0 unspecified atom stereocenters. The molecule has 0 N–H and O–H groups in total. The lowest BCUT2D eigenvalue weighted by atomic mass is 9.97. The van der Waals surface area contributed by atoms with Gasteiger partial charge in [-0.2, -0.15) is 0 Å². The first-order chi connectivity index (χ1) is 15.1. The van der Waals surface area contributed by atoms with Crippen LogP contribution in [0.3, 0.4) is 0 Å². The monoisotopic (exact) mass is 427 g/mol. The molecule has 0 atom stereocenters. The lowest BCUT2D eigenvalue weighted by Crippen LogP contribution is -2.00. The van der Waals surface area contributed by atoms with Crippen molar-refractivity contribution in [3.05, 3.63) is 106 Å². The topological polar surface area (TPSA) is 39.2 Å². The van der Waals surface area contributed by atoms with Gasteiger partial charge < -0.3 is 4.74 Å². The molecule has 4 aromatic rings. The fourth-order valence-corrected chi connectivity index (χ4v) is 3.94. The van der Waals surface area contributed by atoms with Crippen molar-refractivity contribution in [1.29, 1.82) is 0 Å². The van der Waals surface area contributed by atoms with E-state index in [0.717, 1.165) is 28.5 Å². The van der Waals surface area contributed by atoms with Gasteiger partial charge in [-0.25, -0.2) is 0 Å². The van der Waals surface area contributed by atoms with E-state index in [-0.39, 0.29) is 0 Å². The second-order valence-corrected chi connectivity index (χ2v) is 7.87. The Kier molecular flexibility index (Phi) is 6.15. The summed E-state index contributed by atoms with van der Waals surface area (Å²) in [7, 11) is 0. The minimum Gasteiger partial charge on any atom is -0.487 e. The summed E-state index contributed by atoms with van der Waals surface area (Å²) < 4.78 is 6.15. The molecule has 0 amide bonds. The number of hydrogen-bond donors (Lipinski definition) is 0. The summed E-state index contributed by atoms with van der Waals surface area (Å²) in [6.07, 6.45) is 4.07. The standard InChI is InChI=1S/C27H22ClNO2/c1-18-11-26(28)27(13-25(18)23-12-20(16-30)14-29-15-23)31-17-22-9-6-10-24(19(22)2)21-7-4-3-5-8-21/h3-16H,17H2,1-2H3. The fraction of sp³-hybridized carbons (Fsp3) is 0.111. The molecule has 0 spiro atoms. The highest BCUT2D eigenvalue weighted by molar-refractivity contribution is 6.32. The van der Waals surface area contributed by atoms with Crippen molar-refractivity contribution in [2.75, 3.05) is 0 Å². The van der Waals surface area contributed by atoms with Gasteiger partial charge in [0.2, 0.25) is 0 Å². The Labute approximate surface area is 187 Å². The first-order valence-electron chi connectivity index (χ1n) is 10.0. The van der Waals surface area contributed by atoms with Crippen LogP contribution in [0.1, 0.15) is 27.0 Å². The summed E-state index contributed by atoms with van der Waals surface area (Å²) in [6, 6.07) is 22.2. The summed E-state index contributed by atoms with van der Waals surface area (Å²) in [4.78, 5) is 15.3. The highest BCUT2D eigenvalue weighted by Crippen LogP contribution is 2.35. The number of ether oxygens (including phenoxy) is 1. The van der Waals surface area contributed by atoms with Crippen molar-refractivity contribution < 1.29 is 9.53 Å². The van der Waals surface area contributed by atoms with E-state index >= 15 is 0 Å². The number of aldehydes is 1. The van der Waals surface area contributed by atoms with E-state index in [4.69, 9.17) is 16.3 Å². The van der Waals surface area contributed by atoms with Crippen LogP contribution in [-0.2, 0) is 6.61 Å². The molecule has 3 nitrogen and oxygen atoms in total. The Morgan fingerprint density at radius 3 is 2.48 bits per heavy atom. The van der Waals surface area contributed by atoms with E-state index in [2.05, 4.69) is 36.2 Å². The predicted octanol–water partition coefficient (Wildman–Crippen LogP) is 7.08. The number of nitrogens with zero attached hydrogens (tertiary/aromatic N) is 1. The SMILES string of the molecule is Cc1cc(Cl)c(OCc2cccc(-c3ccccc3)c2C)cc1-c1cncc(C=O)c1. The van der Waals surface area contributed by atoms with E-state index in [1.807, 2.05) is 49.4 Å². The summed E-state index contributed by atoms with van der Waals surface area (Å²) in [6.45, 7) is 4.49. The molecule has 0 fully saturated rings. The summed E-state index contributed by atoms with van der Waals surface area (Å²) >= 11 is 6.48. The number of benzene rings is 3. The van der Waals surface area contributed by atoms with Gasteiger partial charge in [0, 0.05) is 23.5 Å². The zero-order valence-electron chi connectivity index (χ0n) is 17.4. The van der Waals surface area contributed by atoms with Crippen LogP contribution in [0.4, 0.5) is 0 Å². The first-order valence-corrected chi connectivity index (χ1v) is 10.4. The minimum absolute atomic E-state index is 0.404. The van der Waals surface area contributed by atoms with Crippen LogP contribution in [0.5, 0.6) is 5.75 Å². The Hall–Kier alpha value is -3.43. The molecule has 4 heteroatoms. The molecule has 0 aliphatic carbocycles. The number of halogens is 1. The quantitative estimate of drug-likeness (QED) is 0.309. The van der Waals surface area contributed by atoms with Crippen molar-refractivity contribution in [3.8, 4) is 28.0 Å². The molecular weight excluding hydrogens is 406 g/mol. The maximum Gasteiger partial charge on any atom is 0.151 e. The predicted molar refractivity (Wildman–Crippen MR) is 126 cm³/mol. The summed E-state index contributed by atoms with van der Waals surface area (Å²) in [5.41, 5.74) is 7.96. The lowest BCUT2D eigenvalue weighted by molar-refractivity contribution is 0.112. The zero-order valence-corrected chi connectivity index (χ0v) is 18.2. The van der Waals surface area contributed by atoms with Crippen LogP contribution in [0, 0.1) is 13.8 Å². The Balaban J connectivity index is 1.63. The van der Waals surface area contributed by atoms with E-state index < -0.39 is 0 Å². The van der Waals surface area contributed by atoms with E-state index in [9.17, 15) is 4.79 Å². The highest BCUT2D eigenvalue weighted by Gasteiger charge is 2.12. The second-order valence-electron chi connectivity index (χ2n) is 7.47. The molecule has 1 heterocycles. The molecule has 0 aliphatic heterocycles. The van der Waals surface area contributed by atoms with E-state index in [1.165, 1.54) is 16.7 Å². The molecule has 3 aromatic carbocycles. The number of rotatable bonds is 6. The number of carbonyl (C=O) groups is 1. The molecule has 4 rings (SSSR count). The third-order valence-electron chi connectivity index (χ3n) is 5.40. The minimum atomic E-state index is 0.404. The third-order valence-corrected chi connectivity index (χ3v) is 5.69. The van der Waals surface area contributed by atoms with Crippen molar-refractivity contribution in [3.63, 3.8) is 0 Å². The van der Waals surface area contributed by atoms with Gasteiger partial charge in [-0.3, -0.25) is 9.78 Å². The largest absolute Gasteiger partial charge is 0.487 e. The van der Waals surface area contributed by atoms with Crippen LogP contribution >= 0.6 is 11.6 Å². The van der Waals surface area contributed by atoms with Crippen LogP contribution in [-0.4, -0.2) is 11.3 Å². The first kappa shape index (κ1) is 20.8. The zero-order chi connectivity index (χ0) is 21.8. The summed E-state index contributed by atoms with van der Waals surface area (Å²) in [5, 5.41) is 0.553. The van der Waals surface area contributed by atoms with Crippen molar-refractivity contribution in [1.82, 2.24) is 4.98 Å².